The molecule has 1 amide bonds. The molecule has 1 aromatic heterocycles. The van der Waals surface area contributed by atoms with Gasteiger partial charge in [-0.25, -0.2) is 0 Å². The molecule has 5 heteroatoms. The minimum atomic E-state index is -0.0664. The second-order valence-electron chi connectivity index (χ2n) is 3.73. The zero-order valence-corrected chi connectivity index (χ0v) is 9.21. The molecular formula is C10H18N4O. The van der Waals surface area contributed by atoms with E-state index in [0.29, 0.717) is 12.2 Å². The summed E-state index contributed by atoms with van der Waals surface area (Å²) in [5, 5.41) is 9.28. The lowest BCUT2D eigenvalue weighted by molar-refractivity contribution is -0.116. The number of nitrogens with one attached hydrogen (secondary N) is 2. The number of nitrogens with zero attached hydrogens (tertiary/aromatic N) is 1. The van der Waals surface area contributed by atoms with E-state index in [1.165, 1.54) is 0 Å². The van der Waals surface area contributed by atoms with Gasteiger partial charge in [0.05, 0.1) is 6.20 Å². The molecule has 1 atom stereocenters. The standard InChI is InChI=1S/C10H18N4O/c1-3-4-8(11)5-9(15)13-10-7(2)6-12-14-10/h6,8H,3-5,11H2,1-2H3,(H2,12,13,14,15). The summed E-state index contributed by atoms with van der Waals surface area (Å²) in [6.07, 6.45) is 3.89. The summed E-state index contributed by atoms with van der Waals surface area (Å²) in [5.74, 6) is 0.590. The monoisotopic (exact) mass is 210 g/mol. The van der Waals surface area contributed by atoms with Crippen LogP contribution < -0.4 is 11.1 Å². The van der Waals surface area contributed by atoms with Crippen molar-refractivity contribution in [1.29, 1.82) is 0 Å². The highest BCUT2D eigenvalue weighted by atomic mass is 16.1. The molecule has 0 aliphatic carbocycles. The van der Waals surface area contributed by atoms with Crippen molar-refractivity contribution in [3.63, 3.8) is 0 Å². The number of H-pyrrole nitrogens is 1. The molecule has 1 heterocycles. The number of nitrogens with two attached hydrogens (primary N) is 1. The van der Waals surface area contributed by atoms with E-state index in [9.17, 15) is 4.79 Å². The summed E-state index contributed by atoms with van der Waals surface area (Å²) in [7, 11) is 0. The molecule has 1 unspecified atom stereocenters. The first kappa shape index (κ1) is 11.7. The van der Waals surface area contributed by atoms with Gasteiger partial charge in [-0.2, -0.15) is 5.10 Å². The van der Waals surface area contributed by atoms with Gasteiger partial charge in [-0.15, -0.1) is 0 Å². The predicted molar refractivity (Wildman–Crippen MR) is 59.5 cm³/mol. The predicted octanol–water partition coefficient (Wildman–Crippen LogP) is 1.17. The fourth-order valence-electron chi connectivity index (χ4n) is 1.37. The SMILES string of the molecule is CCCC(N)CC(=O)Nc1[nH]ncc1C. The Hall–Kier alpha value is -1.36. The van der Waals surface area contributed by atoms with Gasteiger partial charge in [-0.05, 0) is 13.3 Å². The van der Waals surface area contributed by atoms with Crippen molar-refractivity contribution < 1.29 is 4.79 Å². The zero-order chi connectivity index (χ0) is 11.3. The number of anilines is 1. The van der Waals surface area contributed by atoms with Crippen LogP contribution in [0.4, 0.5) is 5.82 Å². The van der Waals surface area contributed by atoms with Crippen molar-refractivity contribution in [3.05, 3.63) is 11.8 Å². The van der Waals surface area contributed by atoms with Gasteiger partial charge in [0.1, 0.15) is 5.82 Å². The number of hydrogen-bond donors (Lipinski definition) is 3. The molecule has 0 bridgehead atoms. The molecule has 0 spiro atoms. The Kier molecular flexibility index (Phi) is 4.30. The molecule has 0 aliphatic rings. The van der Waals surface area contributed by atoms with Crippen LogP contribution in [0, 0.1) is 6.92 Å². The van der Waals surface area contributed by atoms with Gasteiger partial charge >= 0.3 is 0 Å². The van der Waals surface area contributed by atoms with Crippen molar-refractivity contribution in [2.75, 3.05) is 5.32 Å². The third-order valence-corrected chi connectivity index (χ3v) is 2.20. The van der Waals surface area contributed by atoms with E-state index in [-0.39, 0.29) is 11.9 Å². The highest BCUT2D eigenvalue weighted by Gasteiger charge is 2.10. The molecule has 0 radical (unpaired) electrons. The molecule has 0 saturated carbocycles. The van der Waals surface area contributed by atoms with Crippen LogP contribution in [0.15, 0.2) is 6.20 Å². The van der Waals surface area contributed by atoms with Crippen molar-refractivity contribution in [2.45, 2.75) is 39.2 Å². The Morgan fingerprint density at radius 1 is 1.73 bits per heavy atom. The van der Waals surface area contributed by atoms with Crippen LogP contribution in [0.25, 0.3) is 0 Å². The summed E-state index contributed by atoms with van der Waals surface area (Å²) < 4.78 is 0. The van der Waals surface area contributed by atoms with E-state index in [2.05, 4.69) is 22.4 Å². The van der Waals surface area contributed by atoms with Gasteiger partial charge in [-0.1, -0.05) is 13.3 Å². The van der Waals surface area contributed by atoms with Gasteiger partial charge < -0.3 is 11.1 Å². The maximum absolute atomic E-state index is 11.5. The average Bonchev–Trinajstić information content (AvgIpc) is 2.52. The van der Waals surface area contributed by atoms with E-state index in [1.807, 2.05) is 6.92 Å². The summed E-state index contributed by atoms with van der Waals surface area (Å²) >= 11 is 0. The molecule has 1 aromatic rings. The fraction of sp³-hybridized carbons (Fsp3) is 0.600. The van der Waals surface area contributed by atoms with E-state index >= 15 is 0 Å². The second kappa shape index (κ2) is 5.50. The van der Waals surface area contributed by atoms with Crippen LogP contribution >= 0.6 is 0 Å². The van der Waals surface area contributed by atoms with Gasteiger partial charge in [0.15, 0.2) is 0 Å². The molecule has 0 saturated heterocycles. The summed E-state index contributed by atoms with van der Waals surface area (Å²) in [6, 6.07) is -0.0572. The number of rotatable bonds is 5. The highest BCUT2D eigenvalue weighted by Crippen LogP contribution is 2.09. The van der Waals surface area contributed by atoms with Crippen LogP contribution in [0.5, 0.6) is 0 Å². The van der Waals surface area contributed by atoms with Crippen LogP contribution in [0.3, 0.4) is 0 Å². The van der Waals surface area contributed by atoms with E-state index in [1.54, 1.807) is 6.20 Å². The number of carbonyl (C=O) groups excluding carboxylic acids is 1. The molecule has 15 heavy (non-hydrogen) atoms. The van der Waals surface area contributed by atoms with Crippen molar-refractivity contribution >= 4 is 11.7 Å². The number of amides is 1. The Morgan fingerprint density at radius 2 is 2.47 bits per heavy atom. The van der Waals surface area contributed by atoms with Crippen molar-refractivity contribution in [3.8, 4) is 0 Å². The minimum absolute atomic E-state index is 0.0572. The number of hydrogen-bond acceptors (Lipinski definition) is 3. The maximum Gasteiger partial charge on any atom is 0.227 e. The quantitative estimate of drug-likeness (QED) is 0.682. The highest BCUT2D eigenvalue weighted by molar-refractivity contribution is 5.90. The molecule has 0 fully saturated rings. The fourth-order valence-corrected chi connectivity index (χ4v) is 1.37. The molecule has 0 aromatic carbocycles. The van der Waals surface area contributed by atoms with Crippen LogP contribution in [-0.2, 0) is 4.79 Å². The first-order valence-electron chi connectivity index (χ1n) is 5.19. The first-order chi connectivity index (χ1) is 7.13. The first-order valence-corrected chi connectivity index (χ1v) is 5.19. The van der Waals surface area contributed by atoms with Gasteiger partial charge in [0, 0.05) is 18.0 Å². The van der Waals surface area contributed by atoms with E-state index in [0.717, 1.165) is 18.4 Å². The molecule has 4 N–H and O–H groups in total. The molecule has 0 aliphatic heterocycles. The number of aromatic nitrogens is 2. The smallest absolute Gasteiger partial charge is 0.227 e. The van der Waals surface area contributed by atoms with Crippen LogP contribution in [0.2, 0.25) is 0 Å². The van der Waals surface area contributed by atoms with E-state index in [4.69, 9.17) is 5.73 Å². The normalized spacial score (nSPS) is 12.5. The van der Waals surface area contributed by atoms with E-state index < -0.39 is 0 Å². The van der Waals surface area contributed by atoms with Gasteiger partial charge in [0.25, 0.3) is 0 Å². The number of aryl methyl sites for hydroxylation is 1. The molecular weight excluding hydrogens is 192 g/mol. The number of aromatic amines is 1. The maximum atomic E-state index is 11.5. The third-order valence-electron chi connectivity index (χ3n) is 2.20. The Balaban J connectivity index is 2.40. The Morgan fingerprint density at radius 3 is 3.00 bits per heavy atom. The lowest BCUT2D eigenvalue weighted by Gasteiger charge is -2.09. The van der Waals surface area contributed by atoms with Gasteiger partial charge in [0.2, 0.25) is 5.91 Å². The molecule has 1 rings (SSSR count). The zero-order valence-electron chi connectivity index (χ0n) is 9.21. The van der Waals surface area contributed by atoms with Crippen LogP contribution in [0.1, 0.15) is 31.7 Å². The average molecular weight is 210 g/mol. The summed E-state index contributed by atoms with van der Waals surface area (Å²) in [5.41, 5.74) is 6.69. The molecule has 5 nitrogen and oxygen atoms in total. The lowest BCUT2D eigenvalue weighted by atomic mass is 10.1. The third kappa shape index (κ3) is 3.71. The van der Waals surface area contributed by atoms with Crippen LogP contribution in [-0.4, -0.2) is 22.1 Å². The van der Waals surface area contributed by atoms with Crippen molar-refractivity contribution in [1.82, 2.24) is 10.2 Å². The topological polar surface area (TPSA) is 83.8 Å². The summed E-state index contributed by atoms with van der Waals surface area (Å²) in [4.78, 5) is 11.5. The Labute approximate surface area is 89.4 Å². The Bertz CT molecular complexity index is 321. The lowest BCUT2D eigenvalue weighted by Crippen LogP contribution is -2.27. The number of carbonyl (C=O) groups is 1. The summed E-state index contributed by atoms with van der Waals surface area (Å²) in [6.45, 7) is 3.93. The van der Waals surface area contributed by atoms with Gasteiger partial charge in [-0.3, -0.25) is 9.89 Å². The minimum Gasteiger partial charge on any atom is -0.327 e. The molecule has 84 valence electrons. The second-order valence-corrected chi connectivity index (χ2v) is 3.73. The largest absolute Gasteiger partial charge is 0.327 e. The van der Waals surface area contributed by atoms with Crippen molar-refractivity contribution in [2.24, 2.45) is 5.73 Å².